The van der Waals surface area contributed by atoms with E-state index in [2.05, 4.69) is 44.3 Å². The van der Waals surface area contributed by atoms with E-state index in [-0.39, 0.29) is 0 Å². The van der Waals surface area contributed by atoms with E-state index in [0.717, 1.165) is 28.7 Å². The van der Waals surface area contributed by atoms with Gasteiger partial charge in [-0.05, 0) is 62.9 Å². The molecule has 1 atom stereocenters. The molecule has 2 aliphatic rings. The maximum absolute atomic E-state index is 5.53. The quantitative estimate of drug-likeness (QED) is 0.848. The van der Waals surface area contributed by atoms with E-state index in [1.54, 1.807) is 7.11 Å². The molecule has 0 spiro atoms. The smallest absolute Gasteiger partial charge is 0.123 e. The zero-order chi connectivity index (χ0) is 14.7. The predicted molar refractivity (Wildman–Crippen MR) is 89.7 cm³/mol. The SMILES string of the molecule is COc1ccc(Br)cc1CN(CC1CCCNC1)C1CC1. The Kier molecular flexibility index (Phi) is 5.19. The molecule has 0 amide bonds. The highest BCUT2D eigenvalue weighted by atomic mass is 79.9. The third-order valence-corrected chi connectivity index (χ3v) is 5.06. The molecule has 116 valence electrons. The minimum atomic E-state index is 0.788. The van der Waals surface area contributed by atoms with Gasteiger partial charge in [0.2, 0.25) is 0 Å². The van der Waals surface area contributed by atoms with E-state index in [1.807, 2.05) is 0 Å². The normalized spacial score (nSPS) is 22.5. The molecule has 3 rings (SSSR count). The summed E-state index contributed by atoms with van der Waals surface area (Å²) in [5.41, 5.74) is 1.29. The van der Waals surface area contributed by atoms with Crippen LogP contribution in [0.4, 0.5) is 0 Å². The lowest BCUT2D eigenvalue weighted by atomic mass is 9.98. The summed E-state index contributed by atoms with van der Waals surface area (Å²) in [7, 11) is 1.76. The van der Waals surface area contributed by atoms with Crippen LogP contribution in [-0.4, -0.2) is 37.7 Å². The van der Waals surface area contributed by atoms with E-state index >= 15 is 0 Å². The number of hydrogen-bond donors (Lipinski definition) is 1. The van der Waals surface area contributed by atoms with Gasteiger partial charge in [0.25, 0.3) is 0 Å². The lowest BCUT2D eigenvalue weighted by molar-refractivity contribution is 0.191. The van der Waals surface area contributed by atoms with Gasteiger partial charge in [-0.2, -0.15) is 0 Å². The highest BCUT2D eigenvalue weighted by Gasteiger charge is 2.31. The first-order valence-electron chi connectivity index (χ1n) is 8.03. The molecular weight excluding hydrogens is 328 g/mol. The molecule has 1 aliphatic heterocycles. The lowest BCUT2D eigenvalue weighted by Gasteiger charge is -2.30. The maximum Gasteiger partial charge on any atom is 0.123 e. The highest BCUT2D eigenvalue weighted by molar-refractivity contribution is 9.10. The number of nitrogens with zero attached hydrogens (tertiary/aromatic N) is 1. The van der Waals surface area contributed by atoms with Gasteiger partial charge in [0.05, 0.1) is 7.11 Å². The average molecular weight is 353 g/mol. The number of rotatable bonds is 6. The van der Waals surface area contributed by atoms with Crippen molar-refractivity contribution in [2.75, 3.05) is 26.7 Å². The van der Waals surface area contributed by atoms with Crippen molar-refractivity contribution in [3.8, 4) is 5.75 Å². The second-order valence-corrected chi connectivity index (χ2v) is 7.24. The zero-order valence-electron chi connectivity index (χ0n) is 12.8. The third kappa shape index (κ3) is 4.21. The van der Waals surface area contributed by atoms with Crippen LogP contribution in [0.1, 0.15) is 31.2 Å². The zero-order valence-corrected chi connectivity index (χ0v) is 14.4. The van der Waals surface area contributed by atoms with Gasteiger partial charge in [-0.3, -0.25) is 4.90 Å². The van der Waals surface area contributed by atoms with Crippen LogP contribution >= 0.6 is 15.9 Å². The summed E-state index contributed by atoms with van der Waals surface area (Å²) in [6, 6.07) is 7.10. The number of benzene rings is 1. The molecule has 1 N–H and O–H groups in total. The Morgan fingerprint density at radius 2 is 2.19 bits per heavy atom. The summed E-state index contributed by atoms with van der Waals surface area (Å²) in [6.07, 6.45) is 5.40. The Morgan fingerprint density at radius 3 is 2.86 bits per heavy atom. The second-order valence-electron chi connectivity index (χ2n) is 6.33. The summed E-state index contributed by atoms with van der Waals surface area (Å²) < 4.78 is 6.66. The molecule has 2 fully saturated rings. The van der Waals surface area contributed by atoms with Crippen molar-refractivity contribution in [2.24, 2.45) is 5.92 Å². The van der Waals surface area contributed by atoms with Crippen molar-refractivity contribution in [1.29, 1.82) is 0 Å². The fourth-order valence-electron chi connectivity index (χ4n) is 3.28. The van der Waals surface area contributed by atoms with E-state index in [4.69, 9.17) is 4.74 Å². The Bertz CT molecular complexity index is 470. The van der Waals surface area contributed by atoms with Crippen LogP contribution in [0, 0.1) is 5.92 Å². The van der Waals surface area contributed by atoms with Gasteiger partial charge < -0.3 is 10.1 Å². The van der Waals surface area contributed by atoms with Crippen LogP contribution in [0.25, 0.3) is 0 Å². The molecule has 4 heteroatoms. The first-order chi connectivity index (χ1) is 10.3. The molecule has 1 heterocycles. The standard InChI is InChI=1S/C17H25BrN2O/c1-21-17-7-4-15(18)9-14(17)12-20(16-5-6-16)11-13-3-2-8-19-10-13/h4,7,9,13,16,19H,2-3,5-6,8,10-12H2,1H3. The summed E-state index contributed by atoms with van der Waals surface area (Å²) in [5.74, 6) is 1.81. The van der Waals surface area contributed by atoms with Gasteiger partial charge in [0, 0.05) is 29.2 Å². The molecular formula is C17H25BrN2O. The average Bonchev–Trinajstić information content (AvgIpc) is 3.33. The molecule has 21 heavy (non-hydrogen) atoms. The molecule has 1 saturated heterocycles. The van der Waals surface area contributed by atoms with Crippen LogP contribution in [0.3, 0.4) is 0 Å². The van der Waals surface area contributed by atoms with Gasteiger partial charge in [-0.25, -0.2) is 0 Å². The van der Waals surface area contributed by atoms with Crippen molar-refractivity contribution in [3.05, 3.63) is 28.2 Å². The molecule has 1 unspecified atom stereocenters. The topological polar surface area (TPSA) is 24.5 Å². The van der Waals surface area contributed by atoms with Gasteiger partial charge >= 0.3 is 0 Å². The number of halogens is 1. The van der Waals surface area contributed by atoms with Crippen LogP contribution in [0.15, 0.2) is 22.7 Å². The molecule has 0 aromatic heterocycles. The molecule has 1 aromatic rings. The lowest BCUT2D eigenvalue weighted by Crippen LogP contribution is -2.39. The molecule has 0 radical (unpaired) electrons. The molecule has 1 aliphatic carbocycles. The maximum atomic E-state index is 5.53. The fourth-order valence-corrected chi connectivity index (χ4v) is 3.69. The first-order valence-corrected chi connectivity index (χ1v) is 8.82. The van der Waals surface area contributed by atoms with Crippen molar-refractivity contribution >= 4 is 15.9 Å². The van der Waals surface area contributed by atoms with Crippen LogP contribution in [0.5, 0.6) is 5.75 Å². The Labute approximate surface area is 136 Å². The summed E-state index contributed by atoms with van der Waals surface area (Å²) in [6.45, 7) is 4.59. The summed E-state index contributed by atoms with van der Waals surface area (Å²) in [4.78, 5) is 2.67. The van der Waals surface area contributed by atoms with Crippen LogP contribution in [0.2, 0.25) is 0 Å². The van der Waals surface area contributed by atoms with Crippen molar-refractivity contribution in [3.63, 3.8) is 0 Å². The minimum absolute atomic E-state index is 0.788. The fraction of sp³-hybridized carbons (Fsp3) is 0.647. The summed E-state index contributed by atoms with van der Waals surface area (Å²) >= 11 is 3.58. The van der Waals surface area contributed by atoms with Crippen LogP contribution in [-0.2, 0) is 6.54 Å². The number of ether oxygens (including phenoxy) is 1. The van der Waals surface area contributed by atoms with Gasteiger partial charge in [0.15, 0.2) is 0 Å². The summed E-state index contributed by atoms with van der Waals surface area (Å²) in [5, 5.41) is 3.54. The van der Waals surface area contributed by atoms with E-state index < -0.39 is 0 Å². The van der Waals surface area contributed by atoms with Crippen molar-refractivity contribution < 1.29 is 4.74 Å². The molecule has 3 nitrogen and oxygen atoms in total. The monoisotopic (exact) mass is 352 g/mol. The van der Waals surface area contributed by atoms with E-state index in [0.29, 0.717) is 0 Å². The largest absolute Gasteiger partial charge is 0.496 e. The van der Waals surface area contributed by atoms with Crippen LogP contribution < -0.4 is 10.1 Å². The minimum Gasteiger partial charge on any atom is -0.496 e. The van der Waals surface area contributed by atoms with Gasteiger partial charge in [0.1, 0.15) is 5.75 Å². The van der Waals surface area contributed by atoms with Gasteiger partial charge in [-0.1, -0.05) is 15.9 Å². The Balaban J connectivity index is 1.68. The number of nitrogens with one attached hydrogen (secondary N) is 1. The third-order valence-electron chi connectivity index (χ3n) is 4.57. The second kappa shape index (κ2) is 7.12. The van der Waals surface area contributed by atoms with E-state index in [9.17, 15) is 0 Å². The number of piperidine rings is 1. The van der Waals surface area contributed by atoms with Crippen molar-refractivity contribution in [1.82, 2.24) is 10.2 Å². The highest BCUT2D eigenvalue weighted by Crippen LogP contribution is 2.32. The molecule has 1 aromatic carbocycles. The van der Waals surface area contributed by atoms with Crippen molar-refractivity contribution in [2.45, 2.75) is 38.3 Å². The van der Waals surface area contributed by atoms with Gasteiger partial charge in [-0.15, -0.1) is 0 Å². The number of hydrogen-bond acceptors (Lipinski definition) is 3. The number of methoxy groups -OCH3 is 1. The first kappa shape index (κ1) is 15.3. The molecule has 1 saturated carbocycles. The van der Waals surface area contributed by atoms with E-state index in [1.165, 1.54) is 50.9 Å². The predicted octanol–water partition coefficient (Wildman–Crippen LogP) is 3.42. The molecule has 0 bridgehead atoms. The Morgan fingerprint density at radius 1 is 1.33 bits per heavy atom. The Hall–Kier alpha value is -0.580.